The first-order valence-electron chi connectivity index (χ1n) is 11.8. The number of unbranched alkanes of at least 4 members (excludes halogenated alkanes) is 5. The van der Waals surface area contributed by atoms with Gasteiger partial charge < -0.3 is 28.4 Å². The summed E-state index contributed by atoms with van der Waals surface area (Å²) >= 11 is 0. The molecule has 0 radical (unpaired) electrons. The number of hydrogen-bond acceptors (Lipinski definition) is 8. The second kappa shape index (κ2) is 25.0. The summed E-state index contributed by atoms with van der Waals surface area (Å²) in [6, 6.07) is 0. The highest BCUT2D eigenvalue weighted by Gasteiger charge is 2.03. The molecule has 31 heavy (non-hydrogen) atoms. The predicted octanol–water partition coefficient (Wildman–Crippen LogP) is 3.69. The van der Waals surface area contributed by atoms with Crippen LogP contribution in [-0.2, 0) is 38.0 Å². The standard InChI is InChI=1S/C23H44O8/c1-3-5-7-9-11-23(25)31-21-19-29-17-15-27-13-12-26-14-16-28-18-20-30-22(24)10-8-6-4-2/h3-21H2,1-2H3. The number of carbonyl (C=O) groups is 2. The van der Waals surface area contributed by atoms with Crippen LogP contribution in [0, 0.1) is 0 Å². The molecule has 0 spiro atoms. The Kier molecular flexibility index (Phi) is 24.1. The smallest absolute Gasteiger partial charge is 0.305 e. The molecule has 8 heteroatoms. The van der Waals surface area contributed by atoms with E-state index in [0.29, 0.717) is 65.7 Å². The van der Waals surface area contributed by atoms with Gasteiger partial charge in [0.25, 0.3) is 0 Å². The van der Waals surface area contributed by atoms with E-state index in [1.54, 1.807) is 0 Å². The van der Waals surface area contributed by atoms with Crippen LogP contribution in [0.4, 0.5) is 0 Å². The van der Waals surface area contributed by atoms with E-state index in [9.17, 15) is 9.59 Å². The topological polar surface area (TPSA) is 89.5 Å². The lowest BCUT2D eigenvalue weighted by Gasteiger charge is -2.08. The van der Waals surface area contributed by atoms with Gasteiger partial charge in [0.1, 0.15) is 13.2 Å². The fraction of sp³-hybridized carbons (Fsp3) is 0.913. The van der Waals surface area contributed by atoms with Gasteiger partial charge in [0.15, 0.2) is 0 Å². The van der Waals surface area contributed by atoms with Crippen molar-refractivity contribution in [3.63, 3.8) is 0 Å². The lowest BCUT2D eigenvalue weighted by molar-refractivity contribution is -0.146. The van der Waals surface area contributed by atoms with E-state index in [1.165, 1.54) is 0 Å². The molecule has 0 saturated carbocycles. The zero-order valence-electron chi connectivity index (χ0n) is 19.7. The highest BCUT2D eigenvalue weighted by molar-refractivity contribution is 5.69. The molecule has 0 aliphatic heterocycles. The van der Waals surface area contributed by atoms with Crippen LogP contribution in [0.15, 0.2) is 0 Å². The Bertz CT molecular complexity index is 403. The minimum Gasteiger partial charge on any atom is -0.463 e. The normalized spacial score (nSPS) is 10.9. The SMILES string of the molecule is CCCCCCC(=O)OCCOCCOCCOCCOCCOC(=O)CCCCC. The molecule has 0 heterocycles. The molecule has 0 bridgehead atoms. The van der Waals surface area contributed by atoms with Gasteiger partial charge in [0.2, 0.25) is 0 Å². The van der Waals surface area contributed by atoms with E-state index in [4.69, 9.17) is 28.4 Å². The van der Waals surface area contributed by atoms with Crippen molar-refractivity contribution in [1.82, 2.24) is 0 Å². The molecule has 0 aliphatic rings. The summed E-state index contributed by atoms with van der Waals surface area (Å²) in [4.78, 5) is 22.9. The molecule has 0 saturated heterocycles. The maximum absolute atomic E-state index is 11.5. The first-order valence-corrected chi connectivity index (χ1v) is 11.8. The molecule has 0 rings (SSSR count). The van der Waals surface area contributed by atoms with Crippen molar-refractivity contribution in [2.45, 2.75) is 71.6 Å². The lowest BCUT2D eigenvalue weighted by Crippen LogP contribution is -2.15. The molecule has 0 aliphatic carbocycles. The molecule has 0 fully saturated rings. The van der Waals surface area contributed by atoms with Crippen LogP contribution in [0.3, 0.4) is 0 Å². The third kappa shape index (κ3) is 24.9. The first-order chi connectivity index (χ1) is 15.2. The Hall–Kier alpha value is -1.22. The second-order valence-corrected chi connectivity index (χ2v) is 7.16. The molecule has 0 aromatic carbocycles. The van der Waals surface area contributed by atoms with Gasteiger partial charge in [-0.3, -0.25) is 9.59 Å². The molecule has 0 N–H and O–H groups in total. The molecule has 0 atom stereocenters. The van der Waals surface area contributed by atoms with Crippen molar-refractivity contribution in [1.29, 1.82) is 0 Å². The summed E-state index contributed by atoms with van der Waals surface area (Å²) in [6.45, 7) is 8.36. The highest BCUT2D eigenvalue weighted by atomic mass is 16.6. The van der Waals surface area contributed by atoms with E-state index in [1.807, 2.05) is 0 Å². The Morgan fingerprint density at radius 2 is 0.774 bits per heavy atom. The Morgan fingerprint density at radius 1 is 0.452 bits per heavy atom. The van der Waals surface area contributed by atoms with Gasteiger partial charge in [-0.2, -0.15) is 0 Å². The van der Waals surface area contributed by atoms with E-state index in [2.05, 4.69) is 13.8 Å². The summed E-state index contributed by atoms with van der Waals surface area (Å²) < 4.78 is 31.6. The van der Waals surface area contributed by atoms with Crippen LogP contribution in [-0.4, -0.2) is 78.0 Å². The molecule has 184 valence electrons. The van der Waals surface area contributed by atoms with Gasteiger partial charge in [-0.05, 0) is 12.8 Å². The van der Waals surface area contributed by atoms with Crippen LogP contribution in [0.5, 0.6) is 0 Å². The van der Waals surface area contributed by atoms with Crippen molar-refractivity contribution in [2.75, 3.05) is 66.1 Å². The third-order valence-corrected chi connectivity index (χ3v) is 4.32. The largest absolute Gasteiger partial charge is 0.463 e. The van der Waals surface area contributed by atoms with E-state index in [-0.39, 0.29) is 25.2 Å². The highest BCUT2D eigenvalue weighted by Crippen LogP contribution is 2.03. The maximum Gasteiger partial charge on any atom is 0.305 e. The number of hydrogen-bond donors (Lipinski definition) is 0. The Morgan fingerprint density at radius 3 is 1.16 bits per heavy atom. The molecule has 0 unspecified atom stereocenters. The average Bonchev–Trinajstić information content (AvgIpc) is 2.76. The van der Waals surface area contributed by atoms with Crippen molar-refractivity contribution >= 4 is 11.9 Å². The zero-order chi connectivity index (χ0) is 22.8. The number of ether oxygens (including phenoxy) is 6. The minimum atomic E-state index is -0.159. The van der Waals surface area contributed by atoms with Crippen molar-refractivity contribution in [3.05, 3.63) is 0 Å². The Labute approximate surface area is 188 Å². The first kappa shape index (κ1) is 29.8. The van der Waals surface area contributed by atoms with E-state index < -0.39 is 0 Å². The lowest BCUT2D eigenvalue weighted by atomic mass is 10.2. The van der Waals surface area contributed by atoms with Crippen LogP contribution >= 0.6 is 0 Å². The fourth-order valence-electron chi connectivity index (χ4n) is 2.55. The zero-order valence-corrected chi connectivity index (χ0v) is 19.7. The minimum absolute atomic E-state index is 0.152. The summed E-state index contributed by atoms with van der Waals surface area (Å²) in [5.41, 5.74) is 0. The van der Waals surface area contributed by atoms with Crippen LogP contribution in [0.25, 0.3) is 0 Å². The summed E-state index contributed by atoms with van der Waals surface area (Å²) in [7, 11) is 0. The summed E-state index contributed by atoms with van der Waals surface area (Å²) in [5, 5.41) is 0. The molecular weight excluding hydrogens is 404 g/mol. The Balaban J connectivity index is 3.15. The fourth-order valence-corrected chi connectivity index (χ4v) is 2.55. The molecule has 0 aromatic heterocycles. The molecule has 0 aromatic rings. The number of rotatable bonds is 24. The molecule has 0 amide bonds. The van der Waals surface area contributed by atoms with Gasteiger partial charge in [-0.1, -0.05) is 46.0 Å². The van der Waals surface area contributed by atoms with Gasteiger partial charge in [-0.15, -0.1) is 0 Å². The average molecular weight is 449 g/mol. The number of esters is 2. The van der Waals surface area contributed by atoms with Crippen LogP contribution < -0.4 is 0 Å². The van der Waals surface area contributed by atoms with Crippen LogP contribution in [0.2, 0.25) is 0 Å². The summed E-state index contributed by atoms with van der Waals surface area (Å²) in [5.74, 6) is -0.311. The van der Waals surface area contributed by atoms with Crippen molar-refractivity contribution in [3.8, 4) is 0 Å². The van der Waals surface area contributed by atoms with Gasteiger partial charge in [0, 0.05) is 12.8 Å². The molecule has 8 nitrogen and oxygen atoms in total. The number of carbonyl (C=O) groups excluding carboxylic acids is 2. The van der Waals surface area contributed by atoms with Gasteiger partial charge in [0.05, 0.1) is 52.9 Å². The third-order valence-electron chi connectivity index (χ3n) is 4.32. The van der Waals surface area contributed by atoms with Gasteiger partial charge in [-0.25, -0.2) is 0 Å². The van der Waals surface area contributed by atoms with E-state index >= 15 is 0 Å². The van der Waals surface area contributed by atoms with Gasteiger partial charge >= 0.3 is 11.9 Å². The quantitative estimate of drug-likeness (QED) is 0.163. The maximum atomic E-state index is 11.5. The predicted molar refractivity (Wildman–Crippen MR) is 118 cm³/mol. The van der Waals surface area contributed by atoms with Crippen molar-refractivity contribution in [2.24, 2.45) is 0 Å². The van der Waals surface area contributed by atoms with E-state index in [0.717, 1.165) is 44.9 Å². The van der Waals surface area contributed by atoms with Crippen molar-refractivity contribution < 1.29 is 38.0 Å². The summed E-state index contributed by atoms with van der Waals surface area (Å²) in [6.07, 6.45) is 8.28. The monoisotopic (exact) mass is 448 g/mol. The molecular formula is C23H44O8. The second-order valence-electron chi connectivity index (χ2n) is 7.16. The van der Waals surface area contributed by atoms with Crippen LogP contribution in [0.1, 0.15) is 71.6 Å².